The summed E-state index contributed by atoms with van der Waals surface area (Å²) in [6.45, 7) is 6.61. The Morgan fingerprint density at radius 2 is 1.48 bits per heavy atom. The van der Waals surface area contributed by atoms with Crippen molar-refractivity contribution in [1.29, 1.82) is 0 Å². The third kappa shape index (κ3) is 5.39. The molecule has 1 saturated heterocycles. The first kappa shape index (κ1) is 22.3. The summed E-state index contributed by atoms with van der Waals surface area (Å²) in [4.78, 5) is 42.9. The molecule has 31 heavy (non-hydrogen) atoms. The molecule has 0 saturated carbocycles. The maximum absolute atomic E-state index is 13.0. The van der Waals surface area contributed by atoms with Crippen LogP contribution in [0.4, 0.5) is 14.9 Å². The number of nitrogens with zero attached hydrogens (tertiary/aromatic N) is 3. The monoisotopic (exact) mass is 426 g/mol. The van der Waals surface area contributed by atoms with Crippen LogP contribution in [0.1, 0.15) is 34.6 Å². The topological polar surface area (TPSA) is 73.0 Å². The van der Waals surface area contributed by atoms with Gasteiger partial charge >= 0.3 is 6.03 Å². The van der Waals surface area contributed by atoms with E-state index < -0.39 is 0 Å². The Morgan fingerprint density at radius 1 is 0.903 bits per heavy atom. The van der Waals surface area contributed by atoms with Crippen LogP contribution in [0.5, 0.6) is 0 Å². The Labute approximate surface area is 181 Å². The molecule has 2 aromatic rings. The van der Waals surface area contributed by atoms with Crippen molar-refractivity contribution in [1.82, 2.24) is 14.7 Å². The molecule has 164 valence electrons. The predicted molar refractivity (Wildman–Crippen MR) is 117 cm³/mol. The van der Waals surface area contributed by atoms with E-state index in [9.17, 15) is 18.8 Å². The Morgan fingerprint density at radius 3 is 2.10 bits per heavy atom. The van der Waals surface area contributed by atoms with Crippen molar-refractivity contribution in [3.8, 4) is 0 Å². The highest BCUT2D eigenvalue weighted by molar-refractivity contribution is 5.99. The number of hydrogen-bond donors (Lipinski definition) is 1. The quantitative estimate of drug-likeness (QED) is 0.797. The minimum atomic E-state index is -0.368. The third-order valence-corrected chi connectivity index (χ3v) is 5.36. The highest BCUT2D eigenvalue weighted by Crippen LogP contribution is 2.14. The lowest BCUT2D eigenvalue weighted by Crippen LogP contribution is -2.51. The summed E-state index contributed by atoms with van der Waals surface area (Å²) in [7, 11) is 0. The number of carbonyl (C=O) groups excluding carboxylic acids is 3. The average molecular weight is 426 g/mol. The van der Waals surface area contributed by atoms with Gasteiger partial charge in [-0.15, -0.1) is 0 Å². The largest absolute Gasteiger partial charge is 0.339 e. The molecule has 0 spiro atoms. The van der Waals surface area contributed by atoms with Gasteiger partial charge in [0.25, 0.3) is 11.8 Å². The summed E-state index contributed by atoms with van der Waals surface area (Å²) in [5.41, 5.74) is 1.47. The summed E-state index contributed by atoms with van der Waals surface area (Å²) in [5, 5.41) is 2.73. The maximum atomic E-state index is 13.0. The van der Waals surface area contributed by atoms with Gasteiger partial charge in [-0.3, -0.25) is 9.59 Å². The second-order valence-corrected chi connectivity index (χ2v) is 7.27. The van der Waals surface area contributed by atoms with Crippen molar-refractivity contribution in [2.45, 2.75) is 13.8 Å². The average Bonchev–Trinajstić information content (AvgIpc) is 2.81. The lowest BCUT2D eigenvalue weighted by molar-refractivity contribution is 0.0671. The summed E-state index contributed by atoms with van der Waals surface area (Å²) in [6.07, 6.45) is 0. The molecule has 3 rings (SSSR count). The van der Waals surface area contributed by atoms with Crippen LogP contribution < -0.4 is 5.32 Å². The Hall–Kier alpha value is -3.42. The predicted octanol–water partition coefficient (Wildman–Crippen LogP) is 3.30. The molecule has 0 bridgehead atoms. The lowest BCUT2D eigenvalue weighted by atomic mass is 10.1. The molecule has 4 amide bonds. The molecule has 1 N–H and O–H groups in total. The van der Waals surface area contributed by atoms with E-state index in [0.29, 0.717) is 56.1 Å². The summed E-state index contributed by atoms with van der Waals surface area (Å²) in [5.74, 6) is -0.622. The Bertz CT molecular complexity index is 936. The molecule has 0 aliphatic carbocycles. The number of nitrogens with one attached hydrogen (secondary N) is 1. The van der Waals surface area contributed by atoms with Crippen molar-refractivity contribution < 1.29 is 18.8 Å². The zero-order valence-corrected chi connectivity index (χ0v) is 17.8. The van der Waals surface area contributed by atoms with Crippen LogP contribution in [0.3, 0.4) is 0 Å². The molecule has 0 aromatic heterocycles. The van der Waals surface area contributed by atoms with Crippen LogP contribution in [-0.2, 0) is 0 Å². The van der Waals surface area contributed by atoms with Crippen LogP contribution in [0.2, 0.25) is 0 Å². The summed E-state index contributed by atoms with van der Waals surface area (Å²) >= 11 is 0. The van der Waals surface area contributed by atoms with Crippen molar-refractivity contribution in [2.75, 3.05) is 44.6 Å². The zero-order chi connectivity index (χ0) is 22.4. The summed E-state index contributed by atoms with van der Waals surface area (Å²) in [6, 6.07) is 12.1. The van der Waals surface area contributed by atoms with E-state index in [1.54, 1.807) is 39.0 Å². The molecule has 1 heterocycles. The van der Waals surface area contributed by atoms with Crippen LogP contribution in [0.25, 0.3) is 0 Å². The normalized spacial score (nSPS) is 13.6. The highest BCUT2D eigenvalue weighted by atomic mass is 19.1. The van der Waals surface area contributed by atoms with Crippen molar-refractivity contribution in [3.05, 3.63) is 65.5 Å². The minimum Gasteiger partial charge on any atom is -0.339 e. The van der Waals surface area contributed by atoms with Crippen molar-refractivity contribution in [3.63, 3.8) is 0 Å². The van der Waals surface area contributed by atoms with Gasteiger partial charge in [0.05, 0.1) is 0 Å². The van der Waals surface area contributed by atoms with Crippen LogP contribution in [0.15, 0.2) is 48.5 Å². The Kier molecular flexibility index (Phi) is 7.23. The third-order valence-electron chi connectivity index (χ3n) is 5.36. The number of hydrogen-bond acceptors (Lipinski definition) is 3. The number of benzene rings is 2. The fourth-order valence-electron chi connectivity index (χ4n) is 3.51. The van der Waals surface area contributed by atoms with E-state index >= 15 is 0 Å². The number of piperazine rings is 1. The zero-order valence-electron chi connectivity index (χ0n) is 17.8. The van der Waals surface area contributed by atoms with E-state index in [2.05, 4.69) is 5.32 Å². The van der Waals surface area contributed by atoms with Crippen LogP contribution in [0, 0.1) is 5.82 Å². The second kappa shape index (κ2) is 10.1. The first-order valence-corrected chi connectivity index (χ1v) is 10.4. The van der Waals surface area contributed by atoms with Crippen molar-refractivity contribution in [2.24, 2.45) is 0 Å². The van der Waals surface area contributed by atoms with Gasteiger partial charge in [-0.2, -0.15) is 0 Å². The molecular formula is C23H27FN4O3. The molecule has 1 fully saturated rings. The smallest absolute Gasteiger partial charge is 0.321 e. The van der Waals surface area contributed by atoms with E-state index in [1.165, 1.54) is 24.3 Å². The van der Waals surface area contributed by atoms with Gasteiger partial charge < -0.3 is 20.0 Å². The fraction of sp³-hybridized carbons (Fsp3) is 0.348. The number of carbonyl (C=O) groups is 3. The maximum Gasteiger partial charge on any atom is 0.321 e. The van der Waals surface area contributed by atoms with Gasteiger partial charge in [0.15, 0.2) is 0 Å². The van der Waals surface area contributed by atoms with Crippen LogP contribution >= 0.6 is 0 Å². The molecular weight excluding hydrogens is 399 g/mol. The van der Waals surface area contributed by atoms with Gasteiger partial charge in [0, 0.05) is 56.1 Å². The number of amides is 4. The molecule has 8 heteroatoms. The minimum absolute atomic E-state index is 0.0954. The number of halogens is 1. The number of anilines is 1. The van der Waals surface area contributed by atoms with Gasteiger partial charge in [0.2, 0.25) is 0 Å². The molecule has 0 unspecified atom stereocenters. The Balaban J connectivity index is 1.59. The van der Waals surface area contributed by atoms with E-state index in [1.807, 2.05) is 13.8 Å². The molecule has 0 atom stereocenters. The van der Waals surface area contributed by atoms with Gasteiger partial charge in [-0.25, -0.2) is 9.18 Å². The van der Waals surface area contributed by atoms with E-state index in [4.69, 9.17) is 0 Å². The fourth-order valence-corrected chi connectivity index (χ4v) is 3.51. The first-order chi connectivity index (χ1) is 14.9. The first-order valence-electron chi connectivity index (χ1n) is 10.4. The molecule has 0 radical (unpaired) electrons. The van der Waals surface area contributed by atoms with Crippen LogP contribution in [-0.4, -0.2) is 71.8 Å². The molecule has 1 aliphatic heterocycles. The van der Waals surface area contributed by atoms with Gasteiger partial charge in [-0.1, -0.05) is 6.07 Å². The standard InChI is InChI=1S/C23H27FN4O3/c1-3-26(4-2)21(29)17-6-5-7-18(16-17)22(30)27-12-14-28(15-13-27)23(31)25-20-10-8-19(24)9-11-20/h5-11,16H,3-4,12-15H2,1-2H3,(H,25,31). The highest BCUT2D eigenvalue weighted by Gasteiger charge is 2.25. The van der Waals surface area contributed by atoms with Gasteiger partial charge in [0.1, 0.15) is 5.82 Å². The summed E-state index contributed by atoms with van der Waals surface area (Å²) < 4.78 is 13.0. The molecule has 1 aliphatic rings. The molecule has 2 aromatic carbocycles. The SMILES string of the molecule is CCN(CC)C(=O)c1cccc(C(=O)N2CCN(C(=O)Nc3ccc(F)cc3)CC2)c1. The van der Waals surface area contributed by atoms with E-state index in [-0.39, 0.29) is 23.7 Å². The second-order valence-electron chi connectivity index (χ2n) is 7.27. The van der Waals surface area contributed by atoms with Crippen molar-refractivity contribution >= 4 is 23.5 Å². The lowest BCUT2D eigenvalue weighted by Gasteiger charge is -2.34. The number of rotatable bonds is 5. The van der Waals surface area contributed by atoms with Gasteiger partial charge in [-0.05, 0) is 56.3 Å². The van der Waals surface area contributed by atoms with E-state index in [0.717, 1.165) is 0 Å². The molecule has 7 nitrogen and oxygen atoms in total. The number of urea groups is 1.